The van der Waals surface area contributed by atoms with Gasteiger partial charge in [0, 0.05) is 6.04 Å². The summed E-state index contributed by atoms with van der Waals surface area (Å²) in [4.78, 5) is 0.282. The fraction of sp³-hybridized carbons (Fsp3) is 0.400. The second-order valence-corrected chi connectivity index (χ2v) is 8.84. The lowest BCUT2D eigenvalue weighted by molar-refractivity contribution is 0.287. The van der Waals surface area contributed by atoms with E-state index in [2.05, 4.69) is 4.72 Å². The summed E-state index contributed by atoms with van der Waals surface area (Å²) in [5.74, 6) is 0.781. The minimum atomic E-state index is -3.58. The molecule has 0 radical (unpaired) electrons. The summed E-state index contributed by atoms with van der Waals surface area (Å²) in [5, 5.41) is 0. The van der Waals surface area contributed by atoms with Crippen LogP contribution in [0.25, 0.3) is 0 Å². The minimum Gasteiger partial charge on any atom is -0.497 e. The number of rotatable bonds is 8. The Kier molecular flexibility index (Phi) is 5.37. The number of aryl methyl sites for hydroxylation is 1. The topological polar surface area (TPSA) is 67.9 Å². The van der Waals surface area contributed by atoms with Gasteiger partial charge in [0.1, 0.15) is 5.75 Å². The Bertz CT molecular complexity index is 840. The van der Waals surface area contributed by atoms with Crippen molar-refractivity contribution in [2.45, 2.75) is 43.2 Å². The third kappa shape index (κ3) is 4.84. The van der Waals surface area contributed by atoms with Crippen molar-refractivity contribution in [3.63, 3.8) is 0 Å². The first-order chi connectivity index (χ1) is 12.3. The quantitative estimate of drug-likeness (QED) is 0.720. The molecule has 2 atom stereocenters. The van der Waals surface area contributed by atoms with Gasteiger partial charge < -0.3 is 9.47 Å². The zero-order valence-corrected chi connectivity index (χ0v) is 16.2. The number of benzene rings is 2. The predicted octanol–water partition coefficient (Wildman–Crippen LogP) is 3.07. The summed E-state index contributed by atoms with van der Waals surface area (Å²) in [6, 6.07) is 14.3. The lowest BCUT2D eigenvalue weighted by Gasteiger charge is -2.21. The van der Waals surface area contributed by atoms with E-state index in [1.54, 1.807) is 31.4 Å². The van der Waals surface area contributed by atoms with Crippen molar-refractivity contribution in [3.8, 4) is 5.75 Å². The molecule has 5 nitrogen and oxygen atoms in total. The molecule has 1 aliphatic heterocycles. The van der Waals surface area contributed by atoms with Crippen molar-refractivity contribution < 1.29 is 17.9 Å². The number of ether oxygens (including phenoxy) is 2. The summed E-state index contributed by atoms with van der Waals surface area (Å²) < 4.78 is 39.1. The normalized spacial score (nSPS) is 20.6. The van der Waals surface area contributed by atoms with Crippen molar-refractivity contribution in [2.24, 2.45) is 0 Å². The molecule has 1 fully saturated rings. The minimum absolute atomic E-state index is 0.243. The first-order valence-corrected chi connectivity index (χ1v) is 10.1. The number of nitrogens with one attached hydrogen (secondary N) is 1. The van der Waals surface area contributed by atoms with Gasteiger partial charge in [-0.1, -0.05) is 29.8 Å². The third-order valence-corrected chi connectivity index (χ3v) is 6.15. The fourth-order valence-electron chi connectivity index (χ4n) is 2.97. The maximum absolute atomic E-state index is 12.8. The third-order valence-electron chi connectivity index (χ3n) is 4.61. The molecule has 1 heterocycles. The number of hydrogen-bond donors (Lipinski definition) is 1. The second kappa shape index (κ2) is 7.39. The molecule has 2 aromatic rings. The largest absolute Gasteiger partial charge is 0.497 e. The molecular weight excluding hydrogens is 350 g/mol. The van der Waals surface area contributed by atoms with Crippen LogP contribution < -0.4 is 9.46 Å². The Morgan fingerprint density at radius 3 is 2.31 bits per heavy atom. The van der Waals surface area contributed by atoms with Gasteiger partial charge in [-0.2, -0.15) is 0 Å². The van der Waals surface area contributed by atoms with Crippen LogP contribution in [0.15, 0.2) is 53.4 Å². The second-order valence-electron chi connectivity index (χ2n) is 7.13. The van der Waals surface area contributed by atoms with Crippen LogP contribution in [-0.2, 0) is 21.2 Å². The maximum Gasteiger partial charge on any atom is 0.240 e. The number of sulfonamides is 1. The van der Waals surface area contributed by atoms with E-state index in [1.807, 2.05) is 38.1 Å². The van der Waals surface area contributed by atoms with Gasteiger partial charge in [-0.3, -0.25) is 0 Å². The smallest absolute Gasteiger partial charge is 0.240 e. The van der Waals surface area contributed by atoms with Crippen LogP contribution in [0.2, 0.25) is 0 Å². The van der Waals surface area contributed by atoms with Crippen molar-refractivity contribution in [1.82, 2.24) is 4.72 Å². The highest BCUT2D eigenvalue weighted by Gasteiger charge is 2.42. The fourth-order valence-corrected chi connectivity index (χ4v) is 4.20. The SMILES string of the molecule is COc1ccc(C[C@H](C[C@]2(C)CO2)NS(=O)(=O)c2ccc(C)cc2)cc1. The molecule has 1 aliphatic rings. The average molecular weight is 375 g/mol. The molecule has 140 valence electrons. The van der Waals surface area contributed by atoms with Crippen molar-refractivity contribution in [1.29, 1.82) is 0 Å². The van der Waals surface area contributed by atoms with Crippen LogP contribution >= 0.6 is 0 Å². The zero-order valence-electron chi connectivity index (χ0n) is 15.4. The summed E-state index contributed by atoms with van der Waals surface area (Å²) >= 11 is 0. The zero-order chi connectivity index (χ0) is 18.8. The van der Waals surface area contributed by atoms with Crippen molar-refractivity contribution in [3.05, 3.63) is 59.7 Å². The van der Waals surface area contributed by atoms with E-state index in [4.69, 9.17) is 9.47 Å². The predicted molar refractivity (Wildman–Crippen MR) is 101 cm³/mol. The van der Waals surface area contributed by atoms with E-state index in [9.17, 15) is 8.42 Å². The standard InChI is InChI=1S/C20H25NO4S/c1-15-4-10-19(11-5-15)26(22,23)21-17(13-20(2)14-25-20)12-16-6-8-18(24-3)9-7-16/h4-11,17,21H,12-14H2,1-3H3/t17-,20-/m1/s1. The van der Waals surface area contributed by atoms with E-state index in [-0.39, 0.29) is 16.5 Å². The van der Waals surface area contributed by atoms with E-state index >= 15 is 0 Å². The molecule has 6 heteroatoms. The van der Waals surface area contributed by atoms with Crippen LogP contribution in [0, 0.1) is 6.92 Å². The molecule has 0 amide bonds. The average Bonchev–Trinajstić information content (AvgIpc) is 3.32. The van der Waals surface area contributed by atoms with Crippen molar-refractivity contribution >= 4 is 10.0 Å². The molecule has 0 aliphatic carbocycles. The van der Waals surface area contributed by atoms with Crippen LogP contribution in [0.1, 0.15) is 24.5 Å². The Balaban J connectivity index is 1.77. The first kappa shape index (κ1) is 18.9. The van der Waals surface area contributed by atoms with Crippen molar-refractivity contribution in [2.75, 3.05) is 13.7 Å². The van der Waals surface area contributed by atoms with Crippen LogP contribution in [0.5, 0.6) is 5.75 Å². The maximum atomic E-state index is 12.8. The van der Waals surface area contributed by atoms with Gasteiger partial charge in [0.05, 0.1) is 24.2 Å². The highest BCUT2D eigenvalue weighted by Crippen LogP contribution is 2.32. The summed E-state index contributed by atoms with van der Waals surface area (Å²) in [6.45, 7) is 4.61. The molecule has 26 heavy (non-hydrogen) atoms. The van der Waals surface area contributed by atoms with E-state index < -0.39 is 10.0 Å². The number of epoxide rings is 1. The van der Waals surface area contributed by atoms with Gasteiger partial charge in [-0.25, -0.2) is 13.1 Å². The molecule has 3 rings (SSSR count). The number of hydrogen-bond acceptors (Lipinski definition) is 4. The highest BCUT2D eigenvalue weighted by atomic mass is 32.2. The lowest BCUT2D eigenvalue weighted by atomic mass is 9.97. The highest BCUT2D eigenvalue weighted by molar-refractivity contribution is 7.89. The Labute approximate surface area is 155 Å². The molecule has 0 saturated carbocycles. The van der Waals surface area contributed by atoms with Crippen LogP contribution in [-0.4, -0.2) is 33.8 Å². The molecule has 2 aromatic carbocycles. The summed E-state index contributed by atoms with van der Waals surface area (Å²) in [6.07, 6.45) is 1.22. The van der Waals surface area contributed by atoms with E-state index in [1.165, 1.54) is 0 Å². The molecule has 0 unspecified atom stereocenters. The van der Waals surface area contributed by atoms with E-state index in [0.717, 1.165) is 16.9 Å². The summed E-state index contributed by atoms with van der Waals surface area (Å²) in [7, 11) is -1.96. The van der Waals surface area contributed by atoms with Gasteiger partial charge in [0.15, 0.2) is 0 Å². The Morgan fingerprint density at radius 1 is 1.15 bits per heavy atom. The first-order valence-electron chi connectivity index (χ1n) is 8.66. The Hall–Kier alpha value is -1.89. The van der Waals surface area contributed by atoms with Gasteiger partial charge in [-0.05, 0) is 56.5 Å². The molecule has 1 N–H and O–H groups in total. The van der Waals surface area contributed by atoms with Gasteiger partial charge in [-0.15, -0.1) is 0 Å². The molecular formula is C20H25NO4S. The molecule has 0 spiro atoms. The lowest BCUT2D eigenvalue weighted by Crippen LogP contribution is -2.39. The molecule has 0 aromatic heterocycles. The van der Waals surface area contributed by atoms with Gasteiger partial charge >= 0.3 is 0 Å². The monoisotopic (exact) mass is 375 g/mol. The summed E-state index contributed by atoms with van der Waals surface area (Å²) in [5.41, 5.74) is 1.83. The van der Waals surface area contributed by atoms with Crippen LogP contribution in [0.4, 0.5) is 0 Å². The van der Waals surface area contributed by atoms with Crippen LogP contribution in [0.3, 0.4) is 0 Å². The number of methoxy groups -OCH3 is 1. The Morgan fingerprint density at radius 2 is 1.77 bits per heavy atom. The molecule has 1 saturated heterocycles. The molecule has 0 bridgehead atoms. The van der Waals surface area contributed by atoms with Gasteiger partial charge in [0.25, 0.3) is 0 Å². The van der Waals surface area contributed by atoms with Gasteiger partial charge in [0.2, 0.25) is 10.0 Å². The van der Waals surface area contributed by atoms with E-state index in [0.29, 0.717) is 19.4 Å².